The normalized spacial score (nSPS) is 14.1. The molecule has 1 aliphatic heterocycles. The van der Waals surface area contributed by atoms with E-state index < -0.39 is 56.4 Å². The molecule has 0 unspecified atom stereocenters. The number of halogens is 6. The van der Waals surface area contributed by atoms with Crippen LogP contribution in [0.3, 0.4) is 0 Å². The number of carbonyl (C=O) groups excluding carboxylic acids is 2. The molecule has 0 spiro atoms. The minimum absolute atomic E-state index is 0.0918. The maximum atomic E-state index is 14.1. The predicted octanol–water partition coefficient (Wildman–Crippen LogP) is 5.74. The molecule has 3 N–H and O–H groups in total. The molecule has 12 nitrogen and oxygen atoms in total. The summed E-state index contributed by atoms with van der Waals surface area (Å²) in [4.78, 5) is 32.9. The summed E-state index contributed by atoms with van der Waals surface area (Å²) in [6.45, 7) is -2.58. The Morgan fingerprint density at radius 1 is 1.17 bits per heavy atom. The van der Waals surface area contributed by atoms with Crippen LogP contribution in [-0.2, 0) is 4.74 Å². The van der Waals surface area contributed by atoms with E-state index in [4.69, 9.17) is 21.7 Å². The number of hydrogen-bond donors (Lipinski definition) is 3. The van der Waals surface area contributed by atoms with Crippen LogP contribution >= 0.6 is 11.6 Å². The predicted molar refractivity (Wildman–Crippen MR) is 159 cm³/mol. The highest BCUT2D eigenvalue weighted by Gasteiger charge is 2.49. The highest BCUT2D eigenvalue weighted by molar-refractivity contribution is 6.33. The lowest BCUT2D eigenvalue weighted by Crippen LogP contribution is -2.56. The van der Waals surface area contributed by atoms with Crippen molar-refractivity contribution in [3.8, 4) is 22.5 Å². The number of H-pyrrole nitrogens is 1. The van der Waals surface area contributed by atoms with Gasteiger partial charge in [0.1, 0.15) is 12.9 Å². The molecule has 5 rings (SSSR count). The van der Waals surface area contributed by atoms with Gasteiger partial charge in [-0.3, -0.25) is 20.2 Å². The van der Waals surface area contributed by atoms with Gasteiger partial charge in [-0.15, -0.1) is 0 Å². The molecule has 4 aromatic rings. The molecule has 2 amide bonds. The average Bonchev–Trinajstić information content (AvgIpc) is 3.72. The van der Waals surface area contributed by atoms with Gasteiger partial charge in [0.25, 0.3) is 5.91 Å². The van der Waals surface area contributed by atoms with Crippen molar-refractivity contribution in [1.82, 2.24) is 40.1 Å². The second kappa shape index (κ2) is 13.7. The van der Waals surface area contributed by atoms with Crippen molar-refractivity contribution in [1.29, 1.82) is 5.41 Å². The number of aromatic nitrogens is 5. The Morgan fingerprint density at radius 2 is 1.89 bits per heavy atom. The Labute approximate surface area is 269 Å². The third kappa shape index (κ3) is 7.34. The molecule has 0 bridgehead atoms. The molecule has 18 heteroatoms. The maximum Gasteiger partial charge on any atom is 0.409 e. The topological polar surface area (TPSA) is 145 Å². The third-order valence-corrected chi connectivity index (χ3v) is 7.72. The summed E-state index contributed by atoms with van der Waals surface area (Å²) < 4.78 is 71.0. The minimum atomic E-state index is -4.46. The number of alkyl halides is 5. The molecule has 0 aliphatic carbocycles. The molecule has 1 saturated heterocycles. The van der Waals surface area contributed by atoms with Gasteiger partial charge >= 0.3 is 18.8 Å². The quantitative estimate of drug-likeness (QED) is 0.116. The largest absolute Gasteiger partial charge is 0.447 e. The SMILES string of the molecule is CCNC(=N)N(C(=O)c1ccc(-c2cnn(C(F)F)c2)cc1)[C@H](COC(=O)N1CC(C(F)(F)F)C1)c1ccc(Cl)c(-c2ncn[nH]2)c1. The first-order valence-electron chi connectivity index (χ1n) is 14.1. The van der Waals surface area contributed by atoms with E-state index in [9.17, 15) is 31.5 Å². The first-order valence-corrected chi connectivity index (χ1v) is 14.5. The van der Waals surface area contributed by atoms with Gasteiger partial charge in [-0.25, -0.2) is 14.5 Å². The van der Waals surface area contributed by atoms with Crippen LogP contribution in [0.15, 0.2) is 61.2 Å². The van der Waals surface area contributed by atoms with Crippen molar-refractivity contribution < 1.29 is 36.3 Å². The van der Waals surface area contributed by atoms with E-state index in [2.05, 4.69) is 25.6 Å². The summed E-state index contributed by atoms with van der Waals surface area (Å²) in [5.41, 5.74) is 1.69. The van der Waals surface area contributed by atoms with Crippen molar-refractivity contribution in [2.75, 3.05) is 26.2 Å². The van der Waals surface area contributed by atoms with Crippen LogP contribution < -0.4 is 5.32 Å². The van der Waals surface area contributed by atoms with Crippen molar-refractivity contribution in [3.05, 3.63) is 77.3 Å². The van der Waals surface area contributed by atoms with E-state index in [-0.39, 0.29) is 28.9 Å². The first-order chi connectivity index (χ1) is 22.4. The number of ether oxygens (including phenoxy) is 1. The Morgan fingerprint density at radius 3 is 2.49 bits per heavy atom. The zero-order valence-electron chi connectivity index (χ0n) is 24.5. The number of rotatable bonds is 9. The minimum Gasteiger partial charge on any atom is -0.447 e. The van der Waals surface area contributed by atoms with Gasteiger partial charge in [0, 0.05) is 42.5 Å². The van der Waals surface area contributed by atoms with E-state index in [0.29, 0.717) is 26.9 Å². The Balaban J connectivity index is 1.48. The van der Waals surface area contributed by atoms with Gasteiger partial charge in [0.05, 0.1) is 23.2 Å². The van der Waals surface area contributed by atoms with E-state index >= 15 is 0 Å². The number of carbonyl (C=O) groups is 2. The van der Waals surface area contributed by atoms with Gasteiger partial charge in [-0.2, -0.15) is 32.1 Å². The molecular formula is C29H27ClF5N9O3. The molecule has 0 saturated carbocycles. The number of guanidine groups is 1. The van der Waals surface area contributed by atoms with Crippen molar-refractivity contribution in [2.45, 2.75) is 25.7 Å². The zero-order valence-corrected chi connectivity index (χ0v) is 25.3. The average molecular weight is 680 g/mol. The fourth-order valence-corrected chi connectivity index (χ4v) is 5.06. The van der Waals surface area contributed by atoms with Gasteiger partial charge in [0.2, 0.25) is 0 Å². The number of likely N-dealkylation sites (tertiary alicyclic amines) is 1. The van der Waals surface area contributed by atoms with Gasteiger partial charge in [-0.1, -0.05) is 29.8 Å². The van der Waals surface area contributed by atoms with Crippen LogP contribution in [0.1, 0.15) is 35.4 Å². The Kier molecular flexibility index (Phi) is 9.74. The molecule has 0 radical (unpaired) electrons. The molecule has 3 heterocycles. The first kappa shape index (κ1) is 33.3. The van der Waals surface area contributed by atoms with Crippen LogP contribution in [0.2, 0.25) is 5.02 Å². The number of aromatic amines is 1. The van der Waals surface area contributed by atoms with Crippen LogP contribution in [0, 0.1) is 11.3 Å². The standard InChI is InChI=1S/C29H27ClF5N9O3/c1-2-37-27(36)44(25(45)17-5-3-16(4-6-17)19-10-40-43(11-19)26(31)32)23(14-47-28(46)42-12-20(13-42)29(33,34)35)18-7-8-22(30)21(9-18)24-38-15-39-41-24/h3-11,15,20,23,26H,2,12-14H2,1H3,(H2,36,37)(H,38,39,41)/t23-/m1/s1. The number of amides is 2. The second-order valence-electron chi connectivity index (χ2n) is 10.4. The summed E-state index contributed by atoms with van der Waals surface area (Å²) in [6, 6.07) is 9.37. The highest BCUT2D eigenvalue weighted by Crippen LogP contribution is 2.35. The number of benzene rings is 2. The van der Waals surface area contributed by atoms with Crippen molar-refractivity contribution >= 4 is 29.6 Å². The summed E-state index contributed by atoms with van der Waals surface area (Å²) in [5, 5.41) is 21.9. The van der Waals surface area contributed by atoms with Crippen LogP contribution in [0.4, 0.5) is 26.7 Å². The van der Waals surface area contributed by atoms with Gasteiger partial charge in [-0.05, 0) is 42.3 Å². The smallest absolute Gasteiger partial charge is 0.409 e. The monoisotopic (exact) mass is 679 g/mol. The number of nitrogens with one attached hydrogen (secondary N) is 3. The Bertz CT molecular complexity index is 1730. The molecule has 248 valence electrons. The van der Waals surface area contributed by atoms with E-state index in [1.165, 1.54) is 42.9 Å². The lowest BCUT2D eigenvalue weighted by Gasteiger charge is -2.39. The lowest BCUT2D eigenvalue weighted by atomic mass is 10.0. The number of hydrogen-bond acceptors (Lipinski definition) is 7. The molecule has 47 heavy (non-hydrogen) atoms. The Hall–Kier alpha value is -5.06. The van der Waals surface area contributed by atoms with Crippen molar-refractivity contribution in [3.63, 3.8) is 0 Å². The molecule has 1 aliphatic rings. The lowest BCUT2D eigenvalue weighted by molar-refractivity contribution is -0.204. The molecule has 1 fully saturated rings. The molecule has 1 atom stereocenters. The summed E-state index contributed by atoms with van der Waals surface area (Å²) in [6.07, 6.45) is -1.81. The molecular weight excluding hydrogens is 653 g/mol. The summed E-state index contributed by atoms with van der Waals surface area (Å²) in [5.74, 6) is -2.45. The fraction of sp³-hybridized carbons (Fsp3) is 0.310. The summed E-state index contributed by atoms with van der Waals surface area (Å²) >= 11 is 6.42. The van der Waals surface area contributed by atoms with Gasteiger partial charge < -0.3 is 15.0 Å². The molecule has 2 aromatic carbocycles. The molecule has 2 aromatic heterocycles. The fourth-order valence-electron chi connectivity index (χ4n) is 4.85. The van der Waals surface area contributed by atoms with Crippen LogP contribution in [0.5, 0.6) is 0 Å². The van der Waals surface area contributed by atoms with Crippen LogP contribution in [-0.4, -0.2) is 85.1 Å². The van der Waals surface area contributed by atoms with Crippen LogP contribution in [0.25, 0.3) is 22.5 Å². The van der Waals surface area contributed by atoms with E-state index in [1.54, 1.807) is 19.1 Å². The number of nitrogens with zero attached hydrogens (tertiary/aromatic N) is 6. The zero-order chi connectivity index (χ0) is 33.9. The maximum absolute atomic E-state index is 14.1. The van der Waals surface area contributed by atoms with E-state index in [0.717, 1.165) is 16.0 Å². The second-order valence-corrected chi connectivity index (χ2v) is 10.8. The highest BCUT2D eigenvalue weighted by atomic mass is 35.5. The van der Waals surface area contributed by atoms with Gasteiger partial charge in [0.15, 0.2) is 11.8 Å². The van der Waals surface area contributed by atoms with E-state index in [1.807, 2.05) is 0 Å². The third-order valence-electron chi connectivity index (χ3n) is 7.39. The van der Waals surface area contributed by atoms with Crippen molar-refractivity contribution in [2.24, 2.45) is 5.92 Å². The summed E-state index contributed by atoms with van der Waals surface area (Å²) in [7, 11) is 0.